The van der Waals surface area contributed by atoms with E-state index in [-0.39, 0.29) is 23.0 Å². The Bertz CT molecular complexity index is 1430. The molecule has 0 heterocycles. The van der Waals surface area contributed by atoms with Crippen LogP contribution >= 0.6 is 0 Å². The molecular formula is C31H38FN3O4S. The van der Waals surface area contributed by atoms with Gasteiger partial charge in [0.2, 0.25) is 11.8 Å². The van der Waals surface area contributed by atoms with E-state index in [1.165, 1.54) is 17.0 Å². The van der Waals surface area contributed by atoms with E-state index in [9.17, 15) is 22.4 Å². The van der Waals surface area contributed by atoms with Gasteiger partial charge >= 0.3 is 0 Å². The molecule has 3 aromatic rings. The van der Waals surface area contributed by atoms with Crippen LogP contribution in [0.2, 0.25) is 0 Å². The minimum Gasteiger partial charge on any atom is -0.350 e. The molecule has 0 bridgehead atoms. The molecule has 7 nitrogen and oxygen atoms in total. The van der Waals surface area contributed by atoms with Crippen molar-refractivity contribution in [1.29, 1.82) is 0 Å². The predicted molar refractivity (Wildman–Crippen MR) is 156 cm³/mol. The summed E-state index contributed by atoms with van der Waals surface area (Å²) < 4.78 is 42.2. The minimum atomic E-state index is -4.25. The van der Waals surface area contributed by atoms with Crippen LogP contribution in [0.5, 0.6) is 0 Å². The molecule has 3 rings (SSSR count). The van der Waals surface area contributed by atoms with Gasteiger partial charge in [-0.2, -0.15) is 0 Å². The molecule has 1 atom stereocenters. The van der Waals surface area contributed by atoms with Crippen molar-refractivity contribution in [2.75, 3.05) is 10.8 Å². The highest BCUT2D eigenvalue weighted by atomic mass is 32.2. The molecule has 0 saturated carbocycles. The van der Waals surface area contributed by atoms with E-state index in [0.29, 0.717) is 6.42 Å². The highest BCUT2D eigenvalue weighted by Gasteiger charge is 2.34. The summed E-state index contributed by atoms with van der Waals surface area (Å²) in [6, 6.07) is 18.0. The standard InChI is InChI=1S/C31H38FN3O4S/c1-7-28(30(37)33-31(4,5)6)34(20-24-10-8-9-23(3)19-24)29(36)21-35(26-15-11-22(2)12-16-26)40(38,39)27-17-13-25(32)14-18-27/h8-19,28H,7,20-21H2,1-6H3,(H,33,37). The number of anilines is 1. The Hall–Kier alpha value is -3.72. The van der Waals surface area contributed by atoms with Gasteiger partial charge in [-0.3, -0.25) is 13.9 Å². The molecule has 0 spiro atoms. The third-order valence-corrected chi connectivity index (χ3v) is 8.11. The van der Waals surface area contributed by atoms with E-state index in [1.54, 1.807) is 24.3 Å². The Labute approximate surface area is 237 Å². The van der Waals surface area contributed by atoms with Gasteiger partial charge in [-0.05, 0) is 83.0 Å². The Morgan fingerprint density at radius 1 is 0.925 bits per heavy atom. The van der Waals surface area contributed by atoms with Gasteiger partial charge < -0.3 is 10.2 Å². The molecule has 0 aromatic heterocycles. The van der Waals surface area contributed by atoms with Gasteiger partial charge in [0.05, 0.1) is 10.6 Å². The smallest absolute Gasteiger partial charge is 0.264 e. The third-order valence-electron chi connectivity index (χ3n) is 6.32. The van der Waals surface area contributed by atoms with Crippen molar-refractivity contribution in [2.45, 2.75) is 71.0 Å². The summed E-state index contributed by atoms with van der Waals surface area (Å²) in [6.45, 7) is 10.8. The maximum absolute atomic E-state index is 14.1. The monoisotopic (exact) mass is 567 g/mol. The first-order chi connectivity index (χ1) is 18.7. The van der Waals surface area contributed by atoms with Crippen LogP contribution in [-0.2, 0) is 26.2 Å². The molecule has 0 radical (unpaired) electrons. The van der Waals surface area contributed by atoms with Crippen LogP contribution in [0, 0.1) is 19.7 Å². The van der Waals surface area contributed by atoms with Crippen molar-refractivity contribution in [2.24, 2.45) is 0 Å². The van der Waals surface area contributed by atoms with Gasteiger partial charge in [0.25, 0.3) is 10.0 Å². The number of nitrogens with zero attached hydrogens (tertiary/aromatic N) is 2. The minimum absolute atomic E-state index is 0.120. The number of rotatable bonds is 10. The zero-order valence-electron chi connectivity index (χ0n) is 23.9. The molecule has 0 aliphatic heterocycles. The van der Waals surface area contributed by atoms with E-state index >= 15 is 0 Å². The molecule has 0 saturated heterocycles. The zero-order valence-corrected chi connectivity index (χ0v) is 24.8. The van der Waals surface area contributed by atoms with Gasteiger partial charge in [-0.15, -0.1) is 0 Å². The lowest BCUT2D eigenvalue weighted by atomic mass is 10.0. The highest BCUT2D eigenvalue weighted by molar-refractivity contribution is 7.92. The number of halogens is 1. The zero-order chi connectivity index (χ0) is 29.7. The number of amides is 2. The first-order valence-electron chi connectivity index (χ1n) is 13.2. The van der Waals surface area contributed by atoms with Crippen molar-refractivity contribution in [3.63, 3.8) is 0 Å². The van der Waals surface area contributed by atoms with Crippen LogP contribution in [0.25, 0.3) is 0 Å². The summed E-state index contributed by atoms with van der Waals surface area (Å²) in [5.74, 6) is -1.43. The largest absolute Gasteiger partial charge is 0.350 e. The molecule has 214 valence electrons. The normalized spacial score (nSPS) is 12.5. The molecule has 40 heavy (non-hydrogen) atoms. The number of carbonyl (C=O) groups excluding carboxylic acids is 2. The number of hydrogen-bond acceptors (Lipinski definition) is 4. The van der Waals surface area contributed by atoms with Crippen molar-refractivity contribution in [1.82, 2.24) is 10.2 Å². The average Bonchev–Trinajstić information content (AvgIpc) is 2.87. The number of carbonyl (C=O) groups is 2. The van der Waals surface area contributed by atoms with E-state index < -0.39 is 39.9 Å². The van der Waals surface area contributed by atoms with Crippen LogP contribution in [-0.4, -0.2) is 43.3 Å². The lowest BCUT2D eigenvalue weighted by Crippen LogP contribution is -2.55. The number of hydrogen-bond donors (Lipinski definition) is 1. The van der Waals surface area contributed by atoms with Crippen molar-refractivity contribution >= 4 is 27.5 Å². The van der Waals surface area contributed by atoms with E-state index in [1.807, 2.05) is 65.8 Å². The van der Waals surface area contributed by atoms with Gasteiger partial charge in [-0.1, -0.05) is 54.4 Å². The maximum atomic E-state index is 14.1. The quantitative estimate of drug-likeness (QED) is 0.357. The molecule has 0 fully saturated rings. The Morgan fingerprint density at radius 3 is 2.10 bits per heavy atom. The Balaban J connectivity index is 2.07. The lowest BCUT2D eigenvalue weighted by molar-refractivity contribution is -0.141. The predicted octanol–water partition coefficient (Wildman–Crippen LogP) is 5.36. The first-order valence-corrected chi connectivity index (χ1v) is 14.7. The second-order valence-electron chi connectivity index (χ2n) is 11.0. The lowest BCUT2D eigenvalue weighted by Gasteiger charge is -2.34. The van der Waals surface area contributed by atoms with E-state index in [0.717, 1.165) is 33.1 Å². The number of benzene rings is 3. The van der Waals surface area contributed by atoms with Gasteiger partial charge in [0, 0.05) is 12.1 Å². The second kappa shape index (κ2) is 12.6. The van der Waals surface area contributed by atoms with Crippen molar-refractivity contribution < 1.29 is 22.4 Å². The van der Waals surface area contributed by atoms with Crippen LogP contribution in [0.3, 0.4) is 0 Å². The summed E-state index contributed by atoms with van der Waals surface area (Å²) in [4.78, 5) is 28.7. The number of aryl methyl sites for hydroxylation is 2. The molecule has 0 aliphatic rings. The fourth-order valence-corrected chi connectivity index (χ4v) is 5.77. The molecular weight excluding hydrogens is 529 g/mol. The number of sulfonamides is 1. The fraction of sp³-hybridized carbons (Fsp3) is 0.355. The summed E-state index contributed by atoms with van der Waals surface area (Å²) >= 11 is 0. The topological polar surface area (TPSA) is 86.8 Å². The SMILES string of the molecule is CCC(C(=O)NC(C)(C)C)N(Cc1cccc(C)c1)C(=O)CN(c1ccc(C)cc1)S(=O)(=O)c1ccc(F)cc1. The average molecular weight is 568 g/mol. The highest BCUT2D eigenvalue weighted by Crippen LogP contribution is 2.25. The second-order valence-corrected chi connectivity index (χ2v) is 12.8. The van der Waals surface area contributed by atoms with Gasteiger partial charge in [0.1, 0.15) is 18.4 Å². The van der Waals surface area contributed by atoms with E-state index in [4.69, 9.17) is 0 Å². The number of nitrogens with one attached hydrogen (secondary N) is 1. The summed E-state index contributed by atoms with van der Waals surface area (Å²) in [5, 5.41) is 2.96. The Morgan fingerprint density at radius 2 is 1.55 bits per heavy atom. The first kappa shape index (κ1) is 30.8. The summed E-state index contributed by atoms with van der Waals surface area (Å²) in [7, 11) is -4.25. The summed E-state index contributed by atoms with van der Waals surface area (Å²) in [6.07, 6.45) is 0.328. The van der Waals surface area contributed by atoms with Crippen molar-refractivity contribution in [3.8, 4) is 0 Å². The van der Waals surface area contributed by atoms with Crippen LogP contribution < -0.4 is 9.62 Å². The summed E-state index contributed by atoms with van der Waals surface area (Å²) in [5.41, 5.74) is 2.49. The molecule has 2 amide bonds. The van der Waals surface area contributed by atoms with Crippen molar-refractivity contribution in [3.05, 3.63) is 95.3 Å². The third kappa shape index (κ3) is 7.91. The molecule has 1 unspecified atom stereocenters. The van der Waals surface area contributed by atoms with E-state index in [2.05, 4.69) is 5.32 Å². The molecule has 1 N–H and O–H groups in total. The molecule has 9 heteroatoms. The molecule has 3 aromatic carbocycles. The van der Waals surface area contributed by atoms with Gasteiger partial charge in [-0.25, -0.2) is 12.8 Å². The van der Waals surface area contributed by atoms with Crippen LogP contribution in [0.15, 0.2) is 77.7 Å². The Kier molecular flexibility index (Phi) is 9.73. The van der Waals surface area contributed by atoms with Crippen LogP contribution in [0.4, 0.5) is 10.1 Å². The van der Waals surface area contributed by atoms with Crippen LogP contribution in [0.1, 0.15) is 50.8 Å². The maximum Gasteiger partial charge on any atom is 0.264 e. The van der Waals surface area contributed by atoms with Gasteiger partial charge in [0.15, 0.2) is 0 Å². The molecule has 0 aliphatic carbocycles. The fourth-order valence-electron chi connectivity index (χ4n) is 4.35.